The molecule has 2 atom stereocenters. The van der Waals surface area contributed by atoms with E-state index in [1.807, 2.05) is 12.3 Å². The lowest BCUT2D eigenvalue weighted by Gasteiger charge is -2.41. The summed E-state index contributed by atoms with van der Waals surface area (Å²) in [7, 11) is 0. The van der Waals surface area contributed by atoms with Crippen LogP contribution in [0.2, 0.25) is 0 Å². The second-order valence-corrected chi connectivity index (χ2v) is 6.06. The molecule has 1 spiro atoms. The number of hydrogen-bond acceptors (Lipinski definition) is 4. The molecule has 0 bridgehead atoms. The van der Waals surface area contributed by atoms with Gasteiger partial charge in [-0.25, -0.2) is 0 Å². The summed E-state index contributed by atoms with van der Waals surface area (Å²) in [6.07, 6.45) is 8.06. The predicted octanol–water partition coefficient (Wildman–Crippen LogP) is 2.84. The van der Waals surface area contributed by atoms with Crippen molar-refractivity contribution in [2.24, 2.45) is 5.16 Å². The Morgan fingerprint density at radius 1 is 1.50 bits per heavy atom. The van der Waals surface area contributed by atoms with Gasteiger partial charge in [0.2, 0.25) is 0 Å². The van der Waals surface area contributed by atoms with Crippen molar-refractivity contribution in [3.05, 3.63) is 30.1 Å². The summed E-state index contributed by atoms with van der Waals surface area (Å²) in [5.41, 5.74) is 2.03. The van der Waals surface area contributed by atoms with Crippen LogP contribution < -0.4 is 0 Å². The van der Waals surface area contributed by atoms with Crippen molar-refractivity contribution < 1.29 is 4.84 Å². The van der Waals surface area contributed by atoms with E-state index in [2.05, 4.69) is 35.0 Å². The second kappa shape index (κ2) is 5.52. The zero-order valence-corrected chi connectivity index (χ0v) is 12.4. The first-order valence-corrected chi connectivity index (χ1v) is 7.62. The van der Waals surface area contributed by atoms with Crippen LogP contribution in [0, 0.1) is 0 Å². The molecule has 108 valence electrons. The van der Waals surface area contributed by atoms with Crippen molar-refractivity contribution in [3.63, 3.8) is 0 Å². The monoisotopic (exact) mass is 273 g/mol. The largest absolute Gasteiger partial charge is 0.387 e. The van der Waals surface area contributed by atoms with Gasteiger partial charge in [0, 0.05) is 37.0 Å². The summed E-state index contributed by atoms with van der Waals surface area (Å²) < 4.78 is 0. The van der Waals surface area contributed by atoms with E-state index in [4.69, 9.17) is 4.84 Å². The Balaban J connectivity index is 1.71. The van der Waals surface area contributed by atoms with Crippen molar-refractivity contribution >= 4 is 5.71 Å². The zero-order chi connectivity index (χ0) is 14.0. The van der Waals surface area contributed by atoms with Crippen LogP contribution >= 0.6 is 0 Å². The topological polar surface area (TPSA) is 37.7 Å². The van der Waals surface area contributed by atoms with Crippen LogP contribution in [0.1, 0.15) is 45.1 Å². The van der Waals surface area contributed by atoms with E-state index < -0.39 is 0 Å². The third-order valence-corrected chi connectivity index (χ3v) is 4.62. The summed E-state index contributed by atoms with van der Waals surface area (Å²) in [6.45, 7) is 6.73. The van der Waals surface area contributed by atoms with Gasteiger partial charge in [0.15, 0.2) is 5.60 Å². The summed E-state index contributed by atoms with van der Waals surface area (Å²) in [6, 6.07) is 4.64. The predicted molar refractivity (Wildman–Crippen MR) is 79.8 cm³/mol. The molecule has 2 aliphatic heterocycles. The Kier molecular flexibility index (Phi) is 3.74. The Bertz CT molecular complexity index is 488. The Morgan fingerprint density at radius 3 is 3.15 bits per heavy atom. The Hall–Kier alpha value is -1.42. The maximum absolute atomic E-state index is 5.89. The van der Waals surface area contributed by atoms with Gasteiger partial charge < -0.3 is 4.84 Å². The van der Waals surface area contributed by atoms with Crippen molar-refractivity contribution in [3.8, 4) is 0 Å². The van der Waals surface area contributed by atoms with Crippen LogP contribution in [0.4, 0.5) is 0 Å². The molecule has 1 fully saturated rings. The lowest BCUT2D eigenvalue weighted by atomic mass is 9.86. The summed E-state index contributed by atoms with van der Waals surface area (Å²) >= 11 is 0. The normalized spacial score (nSPS) is 28.2. The molecule has 1 aromatic heterocycles. The van der Waals surface area contributed by atoms with E-state index in [1.165, 1.54) is 19.4 Å². The number of likely N-dealkylation sites (tertiary alicyclic amines) is 1. The van der Waals surface area contributed by atoms with Gasteiger partial charge in [-0.05, 0) is 44.9 Å². The van der Waals surface area contributed by atoms with Crippen LogP contribution in [-0.4, -0.2) is 40.3 Å². The Morgan fingerprint density at radius 2 is 2.40 bits per heavy atom. The first-order chi connectivity index (χ1) is 9.72. The van der Waals surface area contributed by atoms with E-state index in [9.17, 15) is 0 Å². The number of nitrogens with zero attached hydrogens (tertiary/aromatic N) is 3. The van der Waals surface area contributed by atoms with Crippen molar-refractivity contribution in [2.75, 3.05) is 13.1 Å². The molecule has 20 heavy (non-hydrogen) atoms. The molecule has 2 unspecified atom stereocenters. The highest BCUT2D eigenvalue weighted by Gasteiger charge is 2.43. The number of rotatable bonds is 3. The smallest absolute Gasteiger partial charge is 0.156 e. The second-order valence-electron chi connectivity index (χ2n) is 6.06. The highest BCUT2D eigenvalue weighted by molar-refractivity contribution is 6.01. The molecule has 3 heterocycles. The van der Waals surface area contributed by atoms with Crippen LogP contribution in [0.5, 0.6) is 0 Å². The molecular weight excluding hydrogens is 250 g/mol. The van der Waals surface area contributed by atoms with Gasteiger partial charge in [-0.1, -0.05) is 12.1 Å². The molecule has 1 aromatic rings. The molecular formula is C16H23N3O. The van der Waals surface area contributed by atoms with Crippen LogP contribution in [0.3, 0.4) is 0 Å². The maximum Gasteiger partial charge on any atom is 0.156 e. The zero-order valence-electron chi connectivity index (χ0n) is 12.4. The SMILES string of the molecule is CCC(C)N1CCCC2(CC(c3cccnc3)=NO2)C1. The molecule has 0 amide bonds. The lowest BCUT2D eigenvalue weighted by Crippen LogP contribution is -2.51. The van der Waals surface area contributed by atoms with Crippen LogP contribution in [0.25, 0.3) is 0 Å². The van der Waals surface area contributed by atoms with E-state index in [0.29, 0.717) is 6.04 Å². The lowest BCUT2D eigenvalue weighted by molar-refractivity contribution is -0.0764. The fourth-order valence-corrected chi connectivity index (χ4v) is 3.20. The number of oxime groups is 1. The fraction of sp³-hybridized carbons (Fsp3) is 0.625. The van der Waals surface area contributed by atoms with Crippen molar-refractivity contribution in [1.29, 1.82) is 0 Å². The maximum atomic E-state index is 5.89. The molecule has 4 nitrogen and oxygen atoms in total. The van der Waals surface area contributed by atoms with Gasteiger partial charge in [0.1, 0.15) is 0 Å². The van der Waals surface area contributed by atoms with Crippen LogP contribution in [0.15, 0.2) is 29.7 Å². The molecule has 0 aliphatic carbocycles. The first-order valence-electron chi connectivity index (χ1n) is 7.62. The molecule has 3 rings (SSSR count). The van der Waals surface area contributed by atoms with Gasteiger partial charge in [-0.15, -0.1) is 0 Å². The van der Waals surface area contributed by atoms with Gasteiger partial charge in [-0.3, -0.25) is 9.88 Å². The minimum absolute atomic E-state index is 0.104. The molecule has 1 saturated heterocycles. The minimum Gasteiger partial charge on any atom is -0.387 e. The molecule has 0 aromatic carbocycles. The number of piperidine rings is 1. The first kappa shape index (κ1) is 13.6. The fourth-order valence-electron chi connectivity index (χ4n) is 3.20. The van der Waals surface area contributed by atoms with E-state index in [1.54, 1.807) is 6.20 Å². The van der Waals surface area contributed by atoms with Crippen LogP contribution in [-0.2, 0) is 4.84 Å². The molecule has 0 saturated carbocycles. The highest BCUT2D eigenvalue weighted by Crippen LogP contribution is 2.35. The summed E-state index contributed by atoms with van der Waals surface area (Å²) in [4.78, 5) is 12.6. The third-order valence-electron chi connectivity index (χ3n) is 4.62. The summed E-state index contributed by atoms with van der Waals surface area (Å²) in [5, 5.41) is 4.35. The number of aromatic nitrogens is 1. The highest BCUT2D eigenvalue weighted by atomic mass is 16.7. The van der Waals surface area contributed by atoms with Gasteiger partial charge >= 0.3 is 0 Å². The Labute approximate surface area is 120 Å². The average molecular weight is 273 g/mol. The van der Waals surface area contributed by atoms with Crippen molar-refractivity contribution in [1.82, 2.24) is 9.88 Å². The number of hydrogen-bond donors (Lipinski definition) is 0. The molecule has 0 N–H and O–H groups in total. The van der Waals surface area contributed by atoms with Gasteiger partial charge in [0.05, 0.1) is 5.71 Å². The standard InChI is InChI=1S/C16H23N3O/c1-3-13(2)19-9-5-7-16(12-19)10-15(18-20-16)14-6-4-8-17-11-14/h4,6,8,11,13H,3,5,7,9-10,12H2,1-2H3. The molecule has 2 aliphatic rings. The minimum atomic E-state index is -0.104. The number of pyridine rings is 1. The van der Waals surface area contributed by atoms with Crippen molar-refractivity contribution in [2.45, 2.75) is 51.2 Å². The van der Waals surface area contributed by atoms with E-state index in [-0.39, 0.29) is 5.60 Å². The van der Waals surface area contributed by atoms with Gasteiger partial charge in [0.25, 0.3) is 0 Å². The quantitative estimate of drug-likeness (QED) is 0.850. The molecule has 0 radical (unpaired) electrons. The molecule has 4 heteroatoms. The van der Waals surface area contributed by atoms with E-state index >= 15 is 0 Å². The van der Waals surface area contributed by atoms with Gasteiger partial charge in [-0.2, -0.15) is 0 Å². The van der Waals surface area contributed by atoms with E-state index in [0.717, 1.165) is 30.7 Å². The summed E-state index contributed by atoms with van der Waals surface area (Å²) in [5.74, 6) is 0. The average Bonchev–Trinajstić information content (AvgIpc) is 2.91. The third kappa shape index (κ3) is 2.57.